The lowest BCUT2D eigenvalue weighted by Crippen LogP contribution is -2.41. The fraction of sp³-hybridized carbons (Fsp3) is 0.933. The summed E-state index contributed by atoms with van der Waals surface area (Å²) in [5.74, 6) is -2.11. The largest absolute Gasteiger partial charge is 0.393 e. The molecule has 2 aliphatic rings. The first kappa shape index (κ1) is 16.6. The Labute approximate surface area is 123 Å². The van der Waals surface area contributed by atoms with Gasteiger partial charge >= 0.3 is 6.18 Å². The maximum Gasteiger partial charge on any atom is 0.391 e. The van der Waals surface area contributed by atoms with Crippen LogP contribution in [0.25, 0.3) is 0 Å². The molecule has 0 aromatic heterocycles. The zero-order valence-corrected chi connectivity index (χ0v) is 12.2. The van der Waals surface area contributed by atoms with Crippen LogP contribution in [0.5, 0.6) is 0 Å². The van der Waals surface area contributed by atoms with Crippen molar-refractivity contribution < 1.29 is 23.1 Å². The number of aliphatic hydroxyl groups excluding tert-OH is 1. The zero-order chi connectivity index (χ0) is 15.5. The molecule has 2 fully saturated rings. The van der Waals surface area contributed by atoms with Gasteiger partial charge in [-0.3, -0.25) is 4.79 Å². The summed E-state index contributed by atoms with van der Waals surface area (Å²) in [6.45, 7) is 0.382. The SMILES string of the molecule is O=C(NCC1CCCCC1O)C1CCCC(C(F)(F)F)C1. The molecule has 0 saturated heterocycles. The molecule has 3 nitrogen and oxygen atoms in total. The summed E-state index contributed by atoms with van der Waals surface area (Å²) in [7, 11) is 0. The van der Waals surface area contributed by atoms with Crippen LogP contribution < -0.4 is 5.32 Å². The number of alkyl halides is 3. The Hall–Kier alpha value is -0.780. The molecule has 0 aromatic rings. The van der Waals surface area contributed by atoms with Crippen molar-refractivity contribution in [2.75, 3.05) is 6.54 Å². The van der Waals surface area contributed by atoms with Crippen LogP contribution in [0, 0.1) is 17.8 Å². The van der Waals surface area contributed by atoms with E-state index in [4.69, 9.17) is 0 Å². The normalized spacial score (nSPS) is 34.5. The van der Waals surface area contributed by atoms with Crippen molar-refractivity contribution >= 4 is 5.91 Å². The molecular weight excluding hydrogens is 283 g/mol. The number of carbonyl (C=O) groups is 1. The molecule has 0 aromatic carbocycles. The fourth-order valence-corrected chi connectivity index (χ4v) is 3.53. The first-order valence-electron chi connectivity index (χ1n) is 7.90. The summed E-state index contributed by atoms with van der Waals surface area (Å²) in [5.41, 5.74) is 0. The Balaban J connectivity index is 1.80. The van der Waals surface area contributed by atoms with E-state index in [-0.39, 0.29) is 24.7 Å². The molecule has 0 bridgehead atoms. The maximum atomic E-state index is 12.7. The quantitative estimate of drug-likeness (QED) is 0.842. The Kier molecular flexibility index (Phi) is 5.52. The summed E-state index contributed by atoms with van der Waals surface area (Å²) in [6.07, 6.45) is 0.0967. The molecule has 0 aliphatic heterocycles. The van der Waals surface area contributed by atoms with Crippen molar-refractivity contribution in [3.63, 3.8) is 0 Å². The average molecular weight is 307 g/mol. The minimum absolute atomic E-state index is 0.0460. The number of hydrogen-bond acceptors (Lipinski definition) is 2. The van der Waals surface area contributed by atoms with E-state index in [0.29, 0.717) is 19.4 Å². The van der Waals surface area contributed by atoms with Gasteiger partial charge in [-0.15, -0.1) is 0 Å². The molecule has 2 N–H and O–H groups in total. The highest BCUT2D eigenvalue weighted by atomic mass is 19.4. The van der Waals surface area contributed by atoms with Crippen LogP contribution in [0.2, 0.25) is 0 Å². The molecule has 2 saturated carbocycles. The Morgan fingerprint density at radius 1 is 1.10 bits per heavy atom. The third kappa shape index (κ3) is 4.59. The summed E-state index contributed by atoms with van der Waals surface area (Å²) in [4.78, 5) is 12.1. The van der Waals surface area contributed by atoms with Gasteiger partial charge in [0.25, 0.3) is 0 Å². The Morgan fingerprint density at radius 2 is 1.81 bits per heavy atom. The van der Waals surface area contributed by atoms with Crippen LogP contribution in [0.4, 0.5) is 13.2 Å². The van der Waals surface area contributed by atoms with Crippen molar-refractivity contribution in [1.82, 2.24) is 5.32 Å². The number of hydrogen-bond donors (Lipinski definition) is 2. The van der Waals surface area contributed by atoms with Crippen molar-refractivity contribution in [1.29, 1.82) is 0 Å². The first-order valence-corrected chi connectivity index (χ1v) is 7.90. The number of halogens is 3. The molecule has 6 heteroatoms. The van der Waals surface area contributed by atoms with E-state index in [0.717, 1.165) is 25.7 Å². The van der Waals surface area contributed by atoms with Crippen LogP contribution in [0.3, 0.4) is 0 Å². The summed E-state index contributed by atoms with van der Waals surface area (Å²) >= 11 is 0. The van der Waals surface area contributed by atoms with E-state index >= 15 is 0 Å². The van der Waals surface area contributed by atoms with Crippen LogP contribution in [0.1, 0.15) is 51.4 Å². The van der Waals surface area contributed by atoms with E-state index in [1.807, 2.05) is 0 Å². The topological polar surface area (TPSA) is 49.3 Å². The lowest BCUT2D eigenvalue weighted by Gasteiger charge is -2.31. The standard InChI is InChI=1S/C15H24F3NO2/c16-15(17,18)12-6-3-5-10(8-12)14(21)19-9-11-4-1-2-7-13(11)20/h10-13,20H,1-9H2,(H,19,21). The lowest BCUT2D eigenvalue weighted by atomic mass is 9.80. The van der Waals surface area contributed by atoms with Gasteiger partial charge in [0, 0.05) is 18.4 Å². The summed E-state index contributed by atoms with van der Waals surface area (Å²) in [6, 6.07) is 0. The van der Waals surface area contributed by atoms with Gasteiger partial charge in [0.05, 0.1) is 12.0 Å². The predicted molar refractivity (Wildman–Crippen MR) is 72.5 cm³/mol. The maximum absolute atomic E-state index is 12.7. The monoisotopic (exact) mass is 307 g/mol. The molecule has 2 rings (SSSR count). The van der Waals surface area contributed by atoms with Crippen molar-refractivity contribution in [3.05, 3.63) is 0 Å². The van der Waals surface area contributed by atoms with Gasteiger partial charge in [0.1, 0.15) is 0 Å². The van der Waals surface area contributed by atoms with Crippen LogP contribution in [0.15, 0.2) is 0 Å². The second-order valence-corrected chi connectivity index (χ2v) is 6.46. The van der Waals surface area contributed by atoms with Gasteiger partial charge in [-0.25, -0.2) is 0 Å². The van der Waals surface area contributed by atoms with Gasteiger partial charge in [-0.2, -0.15) is 13.2 Å². The van der Waals surface area contributed by atoms with Crippen LogP contribution in [-0.4, -0.2) is 29.8 Å². The van der Waals surface area contributed by atoms with E-state index < -0.39 is 24.1 Å². The molecule has 4 unspecified atom stereocenters. The third-order valence-corrected chi connectivity index (χ3v) is 4.92. The van der Waals surface area contributed by atoms with Crippen molar-refractivity contribution in [3.8, 4) is 0 Å². The first-order chi connectivity index (χ1) is 9.88. The van der Waals surface area contributed by atoms with Gasteiger partial charge in [0.2, 0.25) is 5.91 Å². The Bertz CT molecular complexity index is 359. The minimum atomic E-state index is -4.20. The van der Waals surface area contributed by atoms with Crippen molar-refractivity contribution in [2.45, 2.75) is 63.6 Å². The van der Waals surface area contributed by atoms with Crippen LogP contribution >= 0.6 is 0 Å². The number of nitrogens with one attached hydrogen (secondary N) is 1. The fourth-order valence-electron chi connectivity index (χ4n) is 3.53. The smallest absolute Gasteiger partial charge is 0.391 e. The predicted octanol–water partition coefficient (Wildman–Crippen LogP) is 3.02. The number of amides is 1. The van der Waals surface area contributed by atoms with Gasteiger partial charge in [0.15, 0.2) is 0 Å². The molecular formula is C15H24F3NO2. The molecule has 21 heavy (non-hydrogen) atoms. The van der Waals surface area contributed by atoms with E-state index in [9.17, 15) is 23.1 Å². The molecule has 0 spiro atoms. The summed E-state index contributed by atoms with van der Waals surface area (Å²) < 4.78 is 38.2. The third-order valence-electron chi connectivity index (χ3n) is 4.92. The second-order valence-electron chi connectivity index (χ2n) is 6.46. The van der Waals surface area contributed by atoms with Crippen LogP contribution in [-0.2, 0) is 4.79 Å². The molecule has 0 radical (unpaired) electrons. The highest BCUT2D eigenvalue weighted by Gasteiger charge is 2.43. The number of aliphatic hydroxyl groups is 1. The highest BCUT2D eigenvalue weighted by Crippen LogP contribution is 2.40. The highest BCUT2D eigenvalue weighted by molar-refractivity contribution is 5.78. The van der Waals surface area contributed by atoms with Gasteiger partial charge in [-0.1, -0.05) is 19.3 Å². The molecule has 0 heterocycles. The number of carbonyl (C=O) groups excluding carboxylic acids is 1. The summed E-state index contributed by atoms with van der Waals surface area (Å²) in [5, 5.41) is 12.6. The molecule has 122 valence electrons. The van der Waals surface area contributed by atoms with Gasteiger partial charge in [-0.05, 0) is 32.1 Å². The average Bonchev–Trinajstić information content (AvgIpc) is 2.45. The van der Waals surface area contributed by atoms with E-state index in [2.05, 4.69) is 5.32 Å². The van der Waals surface area contributed by atoms with E-state index in [1.54, 1.807) is 0 Å². The van der Waals surface area contributed by atoms with E-state index in [1.165, 1.54) is 0 Å². The minimum Gasteiger partial charge on any atom is -0.393 e. The molecule has 4 atom stereocenters. The van der Waals surface area contributed by atoms with Gasteiger partial charge < -0.3 is 10.4 Å². The molecule has 1 amide bonds. The van der Waals surface area contributed by atoms with Crippen molar-refractivity contribution in [2.24, 2.45) is 17.8 Å². The second kappa shape index (κ2) is 6.99. The number of rotatable bonds is 3. The zero-order valence-electron chi connectivity index (χ0n) is 12.2. The molecule has 2 aliphatic carbocycles. The lowest BCUT2D eigenvalue weighted by molar-refractivity contribution is -0.186. The Morgan fingerprint density at radius 3 is 2.48 bits per heavy atom.